The second-order valence-corrected chi connectivity index (χ2v) is 8.56. The molecule has 1 aromatic rings. The Balaban J connectivity index is 2.11. The number of ether oxygens (including phenoxy) is 1. The van der Waals surface area contributed by atoms with E-state index in [-0.39, 0.29) is 18.7 Å². The van der Waals surface area contributed by atoms with E-state index >= 15 is 0 Å². The highest BCUT2D eigenvalue weighted by Crippen LogP contribution is 2.26. The molecule has 1 aromatic heterocycles. The van der Waals surface area contributed by atoms with Crippen LogP contribution in [0.4, 0.5) is 4.79 Å². The highest BCUT2D eigenvalue weighted by atomic mass is 16.5. The van der Waals surface area contributed by atoms with Crippen LogP contribution in [0.3, 0.4) is 0 Å². The maximum absolute atomic E-state index is 12.3. The largest absolute Gasteiger partial charge is 0.489 e. The number of carbonyl (C=O) groups excluding carboxylic acids is 1. The van der Waals surface area contributed by atoms with Crippen molar-refractivity contribution < 1.29 is 9.53 Å². The molecule has 0 radical (unpaired) electrons. The van der Waals surface area contributed by atoms with Crippen molar-refractivity contribution in [2.75, 3.05) is 27.2 Å². The van der Waals surface area contributed by atoms with E-state index in [2.05, 4.69) is 24.1 Å². The normalized spacial score (nSPS) is 15.6. The van der Waals surface area contributed by atoms with Gasteiger partial charge in [0.15, 0.2) is 0 Å². The highest BCUT2D eigenvalue weighted by Gasteiger charge is 2.18. The summed E-state index contributed by atoms with van der Waals surface area (Å²) in [5.74, 6) is 7.17. The van der Waals surface area contributed by atoms with E-state index in [9.17, 15) is 4.79 Å². The number of amides is 2. The van der Waals surface area contributed by atoms with Crippen LogP contribution in [0.1, 0.15) is 57.3 Å². The predicted octanol–water partition coefficient (Wildman–Crippen LogP) is 2.83. The summed E-state index contributed by atoms with van der Waals surface area (Å²) in [4.78, 5) is 18.6. The Hall–Kier alpha value is -2.48. The lowest BCUT2D eigenvalue weighted by molar-refractivity contribution is 0.153. The van der Waals surface area contributed by atoms with Crippen LogP contribution < -0.4 is 21.6 Å². The van der Waals surface area contributed by atoms with Crippen LogP contribution in [-0.2, 0) is 0 Å². The average molecular weight is 419 g/mol. The van der Waals surface area contributed by atoms with E-state index < -0.39 is 0 Å². The molecule has 1 heterocycles. The van der Waals surface area contributed by atoms with Crippen LogP contribution in [-0.4, -0.2) is 54.2 Å². The third-order valence-corrected chi connectivity index (χ3v) is 5.29. The Kier molecular flexibility index (Phi) is 8.77. The molecular weight excluding hydrogens is 380 g/mol. The van der Waals surface area contributed by atoms with Gasteiger partial charge in [0.1, 0.15) is 5.75 Å². The number of carbonyl (C=O) groups is 1. The summed E-state index contributed by atoms with van der Waals surface area (Å²) >= 11 is 0. The summed E-state index contributed by atoms with van der Waals surface area (Å²) in [6, 6.07) is 3.59. The second-order valence-electron chi connectivity index (χ2n) is 8.56. The molecule has 168 valence electrons. The summed E-state index contributed by atoms with van der Waals surface area (Å²) in [6.07, 6.45) is 6.18. The first-order chi connectivity index (χ1) is 14.2. The van der Waals surface area contributed by atoms with Crippen LogP contribution in [0.2, 0.25) is 0 Å². The van der Waals surface area contributed by atoms with Crippen LogP contribution in [0, 0.1) is 12.8 Å². The van der Waals surface area contributed by atoms with Crippen molar-refractivity contribution in [1.29, 1.82) is 0 Å². The number of hydrazine groups is 1. The van der Waals surface area contributed by atoms with E-state index in [1.165, 1.54) is 24.3 Å². The molecule has 1 aliphatic carbocycles. The molecule has 1 aliphatic rings. The first kappa shape index (κ1) is 23.8. The Morgan fingerprint density at radius 1 is 1.27 bits per heavy atom. The minimum Gasteiger partial charge on any atom is -0.489 e. The molecule has 8 nitrogen and oxygen atoms in total. The van der Waals surface area contributed by atoms with Gasteiger partial charge in [-0.15, -0.1) is 0 Å². The van der Waals surface area contributed by atoms with Gasteiger partial charge in [-0.1, -0.05) is 20.3 Å². The zero-order valence-corrected chi connectivity index (χ0v) is 19.1. The molecule has 8 heteroatoms. The standard InChI is InChI=1S/C22H38N6O2/c1-15(2)14-27(4)22(29)25-13-19(28(5)24)21(23)18-11-12-20(16(3)26-18)30-17-9-7-6-8-10-17/h11-12,15,17H,6-10,13-14,23-24H2,1-5H3,(H,25,29)/b21-19-. The molecule has 1 fully saturated rings. The average Bonchev–Trinajstić information content (AvgIpc) is 2.69. The number of pyridine rings is 1. The fraction of sp³-hybridized carbons (Fsp3) is 0.636. The molecule has 2 rings (SSSR count). The summed E-state index contributed by atoms with van der Waals surface area (Å²) in [5.41, 5.74) is 8.80. The summed E-state index contributed by atoms with van der Waals surface area (Å²) < 4.78 is 6.15. The Morgan fingerprint density at radius 2 is 1.93 bits per heavy atom. The molecular formula is C22H38N6O2. The van der Waals surface area contributed by atoms with Crippen molar-refractivity contribution >= 4 is 11.7 Å². The van der Waals surface area contributed by atoms with Gasteiger partial charge in [-0.25, -0.2) is 15.6 Å². The van der Waals surface area contributed by atoms with Gasteiger partial charge in [-0.05, 0) is 50.7 Å². The molecule has 0 bridgehead atoms. The molecule has 5 N–H and O–H groups in total. The van der Waals surface area contributed by atoms with Crippen molar-refractivity contribution in [2.45, 2.75) is 59.0 Å². The van der Waals surface area contributed by atoms with E-state index in [0.717, 1.165) is 24.3 Å². The Labute approximate surface area is 180 Å². The zero-order valence-electron chi connectivity index (χ0n) is 19.1. The van der Waals surface area contributed by atoms with Crippen LogP contribution in [0.25, 0.3) is 5.70 Å². The molecule has 0 aromatic carbocycles. The number of rotatable bonds is 8. The highest BCUT2D eigenvalue weighted by molar-refractivity contribution is 5.75. The topological polar surface area (TPSA) is 110 Å². The minimum atomic E-state index is -0.170. The van der Waals surface area contributed by atoms with E-state index in [4.69, 9.17) is 16.3 Å². The maximum Gasteiger partial charge on any atom is 0.317 e. The molecule has 0 saturated heterocycles. The number of aromatic nitrogens is 1. The number of urea groups is 1. The monoisotopic (exact) mass is 418 g/mol. The molecule has 0 spiro atoms. The quantitative estimate of drug-likeness (QED) is 0.442. The Bertz CT molecular complexity index is 741. The number of hydrogen-bond donors (Lipinski definition) is 3. The molecule has 2 amide bonds. The van der Waals surface area contributed by atoms with Gasteiger partial charge in [0, 0.05) is 20.6 Å². The molecule has 30 heavy (non-hydrogen) atoms. The third-order valence-electron chi connectivity index (χ3n) is 5.29. The number of nitrogens with two attached hydrogens (primary N) is 2. The fourth-order valence-electron chi connectivity index (χ4n) is 3.67. The lowest BCUT2D eigenvalue weighted by Gasteiger charge is -2.24. The van der Waals surface area contributed by atoms with Crippen molar-refractivity contribution in [3.05, 3.63) is 29.2 Å². The van der Waals surface area contributed by atoms with Gasteiger partial charge in [-0.2, -0.15) is 0 Å². The van der Waals surface area contributed by atoms with Gasteiger partial charge in [0.25, 0.3) is 0 Å². The second kappa shape index (κ2) is 11.1. The van der Waals surface area contributed by atoms with Gasteiger partial charge >= 0.3 is 6.03 Å². The molecule has 0 aliphatic heterocycles. The van der Waals surface area contributed by atoms with Crippen LogP contribution in [0.15, 0.2) is 17.8 Å². The van der Waals surface area contributed by atoms with Crippen LogP contribution >= 0.6 is 0 Å². The smallest absolute Gasteiger partial charge is 0.317 e. The molecule has 1 saturated carbocycles. The SMILES string of the molecule is Cc1nc(/C(N)=C(\CNC(=O)N(C)CC(C)C)N(C)N)ccc1OC1CCCCC1. The van der Waals surface area contributed by atoms with Crippen molar-refractivity contribution in [3.8, 4) is 5.75 Å². The number of hydrogen-bond acceptors (Lipinski definition) is 6. The van der Waals surface area contributed by atoms with Crippen molar-refractivity contribution in [2.24, 2.45) is 17.5 Å². The van der Waals surface area contributed by atoms with Crippen molar-refractivity contribution in [1.82, 2.24) is 20.2 Å². The number of nitrogens with one attached hydrogen (secondary N) is 1. The lowest BCUT2D eigenvalue weighted by Crippen LogP contribution is -2.42. The zero-order chi connectivity index (χ0) is 22.3. The summed E-state index contributed by atoms with van der Waals surface area (Å²) in [6.45, 7) is 6.93. The molecule has 0 unspecified atom stereocenters. The maximum atomic E-state index is 12.3. The third kappa shape index (κ3) is 6.79. The van der Waals surface area contributed by atoms with Crippen molar-refractivity contribution in [3.63, 3.8) is 0 Å². The minimum absolute atomic E-state index is 0.170. The van der Waals surface area contributed by atoms with Gasteiger partial charge in [-0.3, -0.25) is 0 Å². The Morgan fingerprint density at radius 3 is 2.50 bits per heavy atom. The predicted molar refractivity (Wildman–Crippen MR) is 120 cm³/mol. The van der Waals surface area contributed by atoms with E-state index in [0.29, 0.717) is 29.6 Å². The van der Waals surface area contributed by atoms with Gasteiger partial charge in [0.2, 0.25) is 0 Å². The summed E-state index contributed by atoms with van der Waals surface area (Å²) in [7, 11) is 3.46. The first-order valence-electron chi connectivity index (χ1n) is 10.8. The summed E-state index contributed by atoms with van der Waals surface area (Å²) in [5, 5.41) is 4.29. The number of likely N-dealkylation sites (N-methyl/N-ethyl adjacent to an activating group) is 1. The number of aryl methyl sites for hydroxylation is 1. The lowest BCUT2D eigenvalue weighted by atomic mass is 9.98. The molecule has 0 atom stereocenters. The van der Waals surface area contributed by atoms with Gasteiger partial charge in [0.05, 0.1) is 35.4 Å². The fourth-order valence-corrected chi connectivity index (χ4v) is 3.67. The van der Waals surface area contributed by atoms with Gasteiger partial charge < -0.3 is 25.7 Å². The van der Waals surface area contributed by atoms with E-state index in [1.807, 2.05) is 19.1 Å². The first-order valence-corrected chi connectivity index (χ1v) is 10.8. The number of nitrogens with zero attached hydrogens (tertiary/aromatic N) is 3. The van der Waals surface area contributed by atoms with Crippen LogP contribution in [0.5, 0.6) is 5.75 Å². The van der Waals surface area contributed by atoms with E-state index in [1.54, 1.807) is 19.0 Å².